The molecule has 45 heavy (non-hydrogen) atoms. The zero-order valence-corrected chi connectivity index (χ0v) is 24.6. The van der Waals surface area contributed by atoms with Crippen molar-refractivity contribution in [3.8, 4) is 5.75 Å². The molecule has 0 aromatic heterocycles. The number of fused-ring (bicyclic) bond motifs is 3. The van der Waals surface area contributed by atoms with E-state index in [0.29, 0.717) is 41.9 Å². The van der Waals surface area contributed by atoms with Crippen molar-refractivity contribution < 1.29 is 50.2 Å². The summed E-state index contributed by atoms with van der Waals surface area (Å²) < 4.78 is 101. The number of allylic oxidation sites excluding steroid dienone is 2. The first-order valence-electron chi connectivity index (χ1n) is 14.8. The van der Waals surface area contributed by atoms with Crippen LogP contribution in [0.2, 0.25) is 0 Å². The molecule has 242 valence electrons. The van der Waals surface area contributed by atoms with Gasteiger partial charge in [0.2, 0.25) is 11.8 Å². The number of halogens is 7. The molecule has 2 fully saturated rings. The third-order valence-corrected chi connectivity index (χ3v) is 8.91. The summed E-state index contributed by atoms with van der Waals surface area (Å²) in [6.45, 7) is 3.98. The van der Waals surface area contributed by atoms with E-state index in [-0.39, 0.29) is 19.1 Å². The number of amides is 2. The molecule has 2 saturated heterocycles. The van der Waals surface area contributed by atoms with Crippen LogP contribution in [0.3, 0.4) is 0 Å². The molecular weight excluding hydrogens is 607 g/mol. The molecule has 12 heteroatoms. The lowest BCUT2D eigenvalue weighted by atomic mass is 9.69. The summed E-state index contributed by atoms with van der Waals surface area (Å²) in [6.07, 6.45) is -5.48. The SMILES string of the molecule is CCC/C(=C\c1ccc(O)c(F)c1)CC[C@H]1OC[C@H]2C1=C(CC)C[C@H]1C(=O)N(c3cc(C(F)(F)F)cc(C(F)(F)F)c3)C(=O)[C@H]12. The highest BCUT2D eigenvalue weighted by Crippen LogP contribution is 2.52. The minimum Gasteiger partial charge on any atom is -0.505 e. The zero-order chi connectivity index (χ0) is 32.8. The van der Waals surface area contributed by atoms with Gasteiger partial charge < -0.3 is 9.84 Å². The third kappa shape index (κ3) is 6.39. The molecular formula is C33H32F7NO4. The van der Waals surface area contributed by atoms with Crippen LogP contribution in [0.1, 0.15) is 69.1 Å². The quantitative estimate of drug-likeness (QED) is 0.179. The van der Waals surface area contributed by atoms with Gasteiger partial charge in [0.15, 0.2) is 11.6 Å². The monoisotopic (exact) mass is 639 g/mol. The molecule has 0 spiro atoms. The van der Waals surface area contributed by atoms with Crippen LogP contribution in [0.5, 0.6) is 5.75 Å². The van der Waals surface area contributed by atoms with Gasteiger partial charge in [-0.15, -0.1) is 0 Å². The van der Waals surface area contributed by atoms with E-state index in [4.69, 9.17) is 4.74 Å². The van der Waals surface area contributed by atoms with Gasteiger partial charge in [0.05, 0.1) is 41.4 Å². The second-order valence-electron chi connectivity index (χ2n) is 11.8. The lowest BCUT2D eigenvalue weighted by Crippen LogP contribution is -2.34. The normalized spacial score (nSPS) is 24.0. The Bertz CT molecular complexity index is 1530. The fraction of sp³-hybridized carbons (Fsp3) is 0.455. The van der Waals surface area contributed by atoms with E-state index in [1.165, 1.54) is 12.1 Å². The number of ether oxygens (including phenoxy) is 1. The number of nitrogens with zero attached hydrogens (tertiary/aromatic N) is 1. The number of anilines is 1. The molecule has 2 amide bonds. The Morgan fingerprint density at radius 3 is 2.20 bits per heavy atom. The van der Waals surface area contributed by atoms with E-state index in [9.17, 15) is 45.4 Å². The number of benzene rings is 2. The van der Waals surface area contributed by atoms with Crippen molar-refractivity contribution in [2.75, 3.05) is 11.5 Å². The van der Waals surface area contributed by atoms with Gasteiger partial charge in [-0.25, -0.2) is 9.29 Å². The molecule has 0 saturated carbocycles. The smallest absolute Gasteiger partial charge is 0.416 e. The first-order chi connectivity index (χ1) is 21.1. The topological polar surface area (TPSA) is 66.8 Å². The summed E-state index contributed by atoms with van der Waals surface area (Å²) in [5.74, 6) is -5.27. The molecule has 0 unspecified atom stereocenters. The maximum absolute atomic E-state index is 13.9. The Morgan fingerprint density at radius 1 is 0.956 bits per heavy atom. The Morgan fingerprint density at radius 2 is 1.62 bits per heavy atom. The highest BCUT2D eigenvalue weighted by molar-refractivity contribution is 6.22. The largest absolute Gasteiger partial charge is 0.505 e. The van der Waals surface area contributed by atoms with Crippen molar-refractivity contribution in [1.29, 1.82) is 0 Å². The molecule has 2 heterocycles. The number of alkyl halides is 6. The molecule has 5 rings (SSSR count). The summed E-state index contributed by atoms with van der Waals surface area (Å²) in [7, 11) is 0. The van der Waals surface area contributed by atoms with Crippen molar-refractivity contribution in [3.63, 3.8) is 0 Å². The van der Waals surface area contributed by atoms with Gasteiger partial charge in [-0.05, 0) is 73.6 Å². The molecule has 2 aromatic carbocycles. The summed E-state index contributed by atoms with van der Waals surface area (Å²) in [5.41, 5.74) is -0.591. The maximum Gasteiger partial charge on any atom is 0.416 e. The molecule has 4 atom stereocenters. The van der Waals surface area contributed by atoms with Crippen molar-refractivity contribution in [2.45, 2.75) is 70.8 Å². The van der Waals surface area contributed by atoms with Gasteiger partial charge in [0.1, 0.15) is 0 Å². The van der Waals surface area contributed by atoms with Crippen LogP contribution in [0.15, 0.2) is 53.1 Å². The predicted molar refractivity (Wildman–Crippen MR) is 151 cm³/mol. The number of rotatable bonds is 8. The Kier molecular flexibility index (Phi) is 8.91. The van der Waals surface area contributed by atoms with Gasteiger partial charge >= 0.3 is 12.4 Å². The van der Waals surface area contributed by atoms with Crippen LogP contribution in [0.25, 0.3) is 6.08 Å². The fourth-order valence-corrected chi connectivity index (χ4v) is 6.89. The number of carbonyl (C=O) groups excluding carboxylic acids is 2. The average molecular weight is 640 g/mol. The lowest BCUT2D eigenvalue weighted by molar-refractivity contribution is -0.143. The lowest BCUT2D eigenvalue weighted by Gasteiger charge is -2.31. The molecule has 1 N–H and O–H groups in total. The Hall–Kier alpha value is -3.67. The van der Waals surface area contributed by atoms with E-state index < -0.39 is 76.4 Å². The van der Waals surface area contributed by atoms with Gasteiger partial charge in [-0.1, -0.05) is 43.6 Å². The first kappa shape index (κ1) is 32.7. The first-order valence-corrected chi connectivity index (χ1v) is 14.8. The van der Waals surface area contributed by atoms with Crippen LogP contribution in [0, 0.1) is 23.6 Å². The minimum atomic E-state index is -5.13. The van der Waals surface area contributed by atoms with E-state index in [1.54, 1.807) is 6.07 Å². The number of hydrogen-bond acceptors (Lipinski definition) is 4. The van der Waals surface area contributed by atoms with Crippen molar-refractivity contribution in [1.82, 2.24) is 0 Å². The highest BCUT2D eigenvalue weighted by Gasteiger charge is 2.57. The molecule has 3 aliphatic rings. The number of aromatic hydroxyl groups is 1. The number of hydrogen-bond donors (Lipinski definition) is 1. The minimum absolute atomic E-state index is 0.0365. The molecule has 5 nitrogen and oxygen atoms in total. The van der Waals surface area contributed by atoms with E-state index in [0.717, 1.165) is 29.6 Å². The van der Waals surface area contributed by atoms with Gasteiger partial charge in [0.25, 0.3) is 0 Å². The standard InChI is InChI=1S/C33H32F7NO4/c1-3-5-17(10-18-6-8-26(42)25(34)11-18)7-9-27-28-19(4-2)12-23-29(24(28)16-45-27)31(44)41(30(23)43)22-14-20(32(35,36)37)13-21(15-22)33(38,39)40/h6,8,10-11,13-15,23-24,27,29,42H,3-5,7,9,12,16H2,1-2H3/b17-10+/t23-,24+,27-,29-/m1/s1. The number of imide groups is 1. The van der Waals surface area contributed by atoms with Gasteiger partial charge in [-0.2, -0.15) is 26.3 Å². The van der Waals surface area contributed by atoms with E-state index >= 15 is 0 Å². The number of carbonyl (C=O) groups is 2. The molecule has 1 aliphatic carbocycles. The fourth-order valence-electron chi connectivity index (χ4n) is 6.89. The van der Waals surface area contributed by atoms with Gasteiger partial charge in [0, 0.05) is 5.92 Å². The molecule has 2 aromatic rings. The second kappa shape index (κ2) is 12.3. The zero-order valence-electron chi connectivity index (χ0n) is 24.6. The van der Waals surface area contributed by atoms with Crippen LogP contribution >= 0.6 is 0 Å². The van der Waals surface area contributed by atoms with Crippen molar-refractivity contribution in [3.05, 3.63) is 75.6 Å². The van der Waals surface area contributed by atoms with E-state index in [2.05, 4.69) is 0 Å². The predicted octanol–water partition coefficient (Wildman–Crippen LogP) is 8.46. The van der Waals surface area contributed by atoms with Crippen LogP contribution in [-0.2, 0) is 26.7 Å². The summed E-state index contributed by atoms with van der Waals surface area (Å²) >= 11 is 0. The second-order valence-corrected chi connectivity index (χ2v) is 11.8. The van der Waals surface area contributed by atoms with Crippen molar-refractivity contribution >= 4 is 23.6 Å². The summed E-state index contributed by atoms with van der Waals surface area (Å²) in [6, 6.07) is 4.90. The molecule has 0 radical (unpaired) electrons. The summed E-state index contributed by atoms with van der Waals surface area (Å²) in [5, 5.41) is 9.50. The van der Waals surface area contributed by atoms with Gasteiger partial charge in [-0.3, -0.25) is 9.59 Å². The van der Waals surface area contributed by atoms with Crippen LogP contribution in [0.4, 0.5) is 36.4 Å². The Balaban J connectivity index is 1.42. The van der Waals surface area contributed by atoms with Crippen molar-refractivity contribution in [2.24, 2.45) is 17.8 Å². The molecule has 0 bridgehead atoms. The summed E-state index contributed by atoms with van der Waals surface area (Å²) in [4.78, 5) is 27.8. The average Bonchev–Trinajstić information content (AvgIpc) is 3.50. The molecule has 2 aliphatic heterocycles. The van der Waals surface area contributed by atoms with Crippen LogP contribution < -0.4 is 4.90 Å². The van der Waals surface area contributed by atoms with Crippen LogP contribution in [-0.4, -0.2) is 29.6 Å². The highest BCUT2D eigenvalue weighted by atomic mass is 19.4. The third-order valence-electron chi connectivity index (χ3n) is 8.91. The number of phenols is 1. The Labute approximate surface area is 255 Å². The van der Waals surface area contributed by atoms with E-state index in [1.807, 2.05) is 19.9 Å². The number of phenolic OH excluding ortho intramolecular Hbond substituents is 1. The maximum atomic E-state index is 13.9.